The fraction of sp³-hybridized carbons (Fsp3) is 0.158. The normalized spacial score (nSPS) is 9.89. The predicted octanol–water partition coefficient (Wildman–Crippen LogP) is 2.18. The molecule has 0 saturated carbocycles. The number of hydrogen-bond donors (Lipinski definition) is 3. The summed E-state index contributed by atoms with van der Waals surface area (Å²) in [5, 5.41) is 7.73. The van der Waals surface area contributed by atoms with Crippen molar-refractivity contribution >= 4 is 35.1 Å². The highest BCUT2D eigenvalue weighted by atomic mass is 16.5. The topological polar surface area (TPSA) is 114 Å². The fourth-order valence-electron chi connectivity index (χ4n) is 2.29. The van der Waals surface area contributed by atoms with Gasteiger partial charge in [-0.1, -0.05) is 0 Å². The zero-order chi connectivity index (χ0) is 20.0. The van der Waals surface area contributed by atoms with Crippen molar-refractivity contribution in [1.29, 1.82) is 0 Å². The van der Waals surface area contributed by atoms with E-state index in [1.54, 1.807) is 24.3 Å². The molecule has 8 nitrogen and oxygen atoms in total. The molecule has 0 aliphatic rings. The highest BCUT2D eigenvalue weighted by Crippen LogP contribution is 2.23. The molecule has 0 aromatic heterocycles. The van der Waals surface area contributed by atoms with Crippen LogP contribution in [0.1, 0.15) is 34.6 Å². The number of carbonyl (C=O) groups excluding carboxylic acids is 4. The van der Waals surface area contributed by atoms with Crippen molar-refractivity contribution in [3.05, 3.63) is 53.6 Å². The van der Waals surface area contributed by atoms with E-state index in [1.165, 1.54) is 39.1 Å². The van der Waals surface area contributed by atoms with Gasteiger partial charge in [-0.2, -0.15) is 0 Å². The molecule has 140 valence electrons. The molecule has 0 unspecified atom stereocenters. The first-order valence-electron chi connectivity index (χ1n) is 8.03. The molecule has 0 aliphatic carbocycles. The Morgan fingerprint density at radius 2 is 1.52 bits per heavy atom. The molecule has 0 saturated heterocycles. The lowest BCUT2D eigenvalue weighted by Gasteiger charge is -2.12. The van der Waals surface area contributed by atoms with E-state index in [0.717, 1.165) is 0 Å². The van der Waals surface area contributed by atoms with Crippen LogP contribution < -0.4 is 20.7 Å². The number of rotatable bonds is 5. The van der Waals surface area contributed by atoms with Crippen molar-refractivity contribution in [2.45, 2.75) is 13.8 Å². The van der Waals surface area contributed by atoms with Gasteiger partial charge in [-0.25, -0.2) is 0 Å². The van der Waals surface area contributed by atoms with Gasteiger partial charge in [0, 0.05) is 32.1 Å². The van der Waals surface area contributed by atoms with Gasteiger partial charge in [-0.05, 0) is 42.5 Å². The maximum absolute atomic E-state index is 12.5. The van der Waals surface area contributed by atoms with Crippen molar-refractivity contribution in [2.75, 3.05) is 17.7 Å². The number of benzene rings is 2. The van der Waals surface area contributed by atoms with Crippen LogP contribution >= 0.6 is 0 Å². The molecular weight excluding hydrogens is 350 g/mol. The molecule has 0 bridgehead atoms. The SMILES string of the molecule is CNC(=O)c1cc(OC(C)=O)ccc1NC(=O)c1ccc(NC(C)=O)cc1. The Hall–Kier alpha value is -3.68. The summed E-state index contributed by atoms with van der Waals surface area (Å²) >= 11 is 0. The quantitative estimate of drug-likeness (QED) is 0.552. The largest absolute Gasteiger partial charge is 0.427 e. The summed E-state index contributed by atoms with van der Waals surface area (Å²) in [6.07, 6.45) is 0. The Labute approximate surface area is 155 Å². The van der Waals surface area contributed by atoms with Crippen molar-refractivity contribution in [3.8, 4) is 5.75 Å². The summed E-state index contributed by atoms with van der Waals surface area (Å²) in [5.74, 6) is -1.42. The van der Waals surface area contributed by atoms with Crippen LogP contribution in [0, 0.1) is 0 Å². The van der Waals surface area contributed by atoms with Gasteiger partial charge in [-0.3, -0.25) is 19.2 Å². The van der Waals surface area contributed by atoms with Gasteiger partial charge in [0.25, 0.3) is 11.8 Å². The lowest BCUT2D eigenvalue weighted by Crippen LogP contribution is -2.22. The molecule has 0 fully saturated rings. The predicted molar refractivity (Wildman–Crippen MR) is 99.8 cm³/mol. The molecule has 8 heteroatoms. The van der Waals surface area contributed by atoms with Crippen molar-refractivity contribution in [2.24, 2.45) is 0 Å². The summed E-state index contributed by atoms with van der Waals surface area (Å²) < 4.78 is 4.97. The molecule has 3 N–H and O–H groups in total. The van der Waals surface area contributed by atoms with Gasteiger partial charge < -0.3 is 20.7 Å². The first-order valence-corrected chi connectivity index (χ1v) is 8.03. The zero-order valence-electron chi connectivity index (χ0n) is 15.1. The molecule has 0 radical (unpaired) electrons. The molecule has 2 aromatic carbocycles. The minimum absolute atomic E-state index is 0.152. The van der Waals surface area contributed by atoms with Gasteiger partial charge in [0.1, 0.15) is 5.75 Å². The zero-order valence-corrected chi connectivity index (χ0v) is 15.1. The third kappa shape index (κ3) is 5.40. The van der Waals surface area contributed by atoms with Crippen LogP contribution in [0.15, 0.2) is 42.5 Å². The number of amides is 3. The summed E-state index contributed by atoms with van der Waals surface area (Å²) in [4.78, 5) is 46.7. The van der Waals surface area contributed by atoms with Crippen molar-refractivity contribution < 1.29 is 23.9 Å². The molecule has 27 heavy (non-hydrogen) atoms. The number of nitrogens with one attached hydrogen (secondary N) is 3. The Kier molecular flexibility index (Phi) is 6.27. The monoisotopic (exact) mass is 369 g/mol. The summed E-state index contributed by atoms with van der Waals surface area (Å²) in [6.45, 7) is 2.64. The molecule has 2 aromatic rings. The first-order chi connectivity index (χ1) is 12.8. The molecule has 2 rings (SSSR count). The summed E-state index contributed by atoms with van der Waals surface area (Å²) in [7, 11) is 1.45. The lowest BCUT2D eigenvalue weighted by molar-refractivity contribution is -0.131. The van der Waals surface area contributed by atoms with Crippen LogP contribution in [0.25, 0.3) is 0 Å². The Morgan fingerprint density at radius 3 is 2.07 bits per heavy atom. The van der Waals surface area contributed by atoms with E-state index < -0.39 is 17.8 Å². The van der Waals surface area contributed by atoms with E-state index in [0.29, 0.717) is 11.3 Å². The van der Waals surface area contributed by atoms with Gasteiger partial charge in [0.15, 0.2) is 0 Å². The third-order valence-electron chi connectivity index (χ3n) is 3.44. The minimum atomic E-state index is -0.520. The second-order valence-electron chi connectivity index (χ2n) is 5.59. The molecule has 3 amide bonds. The average molecular weight is 369 g/mol. The number of ether oxygens (including phenoxy) is 1. The smallest absolute Gasteiger partial charge is 0.308 e. The molecule has 0 atom stereocenters. The van der Waals surface area contributed by atoms with Crippen LogP contribution in [0.2, 0.25) is 0 Å². The maximum Gasteiger partial charge on any atom is 0.308 e. The first kappa shape index (κ1) is 19.6. The van der Waals surface area contributed by atoms with Crippen molar-refractivity contribution in [3.63, 3.8) is 0 Å². The van der Waals surface area contributed by atoms with Gasteiger partial charge in [-0.15, -0.1) is 0 Å². The van der Waals surface area contributed by atoms with Crippen LogP contribution in [0.5, 0.6) is 5.75 Å². The van der Waals surface area contributed by atoms with E-state index in [1.807, 2.05) is 0 Å². The Bertz CT molecular complexity index is 891. The van der Waals surface area contributed by atoms with Crippen molar-refractivity contribution in [1.82, 2.24) is 5.32 Å². The Morgan fingerprint density at radius 1 is 0.852 bits per heavy atom. The second-order valence-corrected chi connectivity index (χ2v) is 5.59. The maximum atomic E-state index is 12.5. The van der Waals surface area contributed by atoms with E-state index in [9.17, 15) is 19.2 Å². The highest BCUT2D eigenvalue weighted by molar-refractivity contribution is 6.09. The van der Waals surface area contributed by atoms with E-state index >= 15 is 0 Å². The molecule has 0 heterocycles. The van der Waals surface area contributed by atoms with E-state index in [4.69, 9.17) is 4.74 Å². The second kappa shape index (κ2) is 8.61. The van der Waals surface area contributed by atoms with Crippen LogP contribution in [-0.4, -0.2) is 30.7 Å². The number of esters is 1. The van der Waals surface area contributed by atoms with Crippen LogP contribution in [-0.2, 0) is 9.59 Å². The van der Waals surface area contributed by atoms with Crippen LogP contribution in [0.3, 0.4) is 0 Å². The summed E-state index contributed by atoms with van der Waals surface area (Å²) in [5.41, 5.74) is 1.33. The van der Waals surface area contributed by atoms with Gasteiger partial charge in [0.2, 0.25) is 5.91 Å². The Balaban J connectivity index is 2.24. The average Bonchev–Trinajstić information content (AvgIpc) is 2.61. The molecular formula is C19H19N3O5. The molecule has 0 spiro atoms. The lowest BCUT2D eigenvalue weighted by atomic mass is 10.1. The van der Waals surface area contributed by atoms with Crippen LogP contribution in [0.4, 0.5) is 11.4 Å². The number of hydrogen-bond acceptors (Lipinski definition) is 5. The minimum Gasteiger partial charge on any atom is -0.427 e. The van der Waals surface area contributed by atoms with E-state index in [2.05, 4.69) is 16.0 Å². The van der Waals surface area contributed by atoms with Gasteiger partial charge >= 0.3 is 5.97 Å². The summed E-state index contributed by atoms with van der Waals surface area (Å²) in [6, 6.07) is 10.6. The number of carbonyl (C=O) groups is 4. The van der Waals surface area contributed by atoms with E-state index in [-0.39, 0.29) is 22.9 Å². The fourth-order valence-corrected chi connectivity index (χ4v) is 2.29. The molecule has 0 aliphatic heterocycles. The van der Waals surface area contributed by atoms with Gasteiger partial charge in [0.05, 0.1) is 11.3 Å². The highest BCUT2D eigenvalue weighted by Gasteiger charge is 2.15. The standard InChI is InChI=1S/C19H19N3O5/c1-11(23)21-14-6-4-13(5-7-14)18(25)22-17-9-8-15(27-12(2)24)10-16(17)19(26)20-3/h4-10H,1-3H3,(H,20,26)(H,21,23)(H,22,25). The number of anilines is 2. The third-order valence-corrected chi connectivity index (χ3v) is 3.44.